The first-order valence-electron chi connectivity index (χ1n) is 10.1. The maximum atomic E-state index is 13.5. The summed E-state index contributed by atoms with van der Waals surface area (Å²) >= 11 is 13.5. The molecule has 0 spiro atoms. The van der Waals surface area contributed by atoms with E-state index in [1.807, 2.05) is 39.0 Å². The molecule has 0 fully saturated rings. The number of rotatable bonds is 6. The van der Waals surface area contributed by atoms with E-state index in [1.54, 1.807) is 10.7 Å². The van der Waals surface area contributed by atoms with E-state index in [4.69, 9.17) is 23.2 Å². The molecular formula is C23H19Cl2FN6OS. The van der Waals surface area contributed by atoms with Gasteiger partial charge in [-0.3, -0.25) is 4.79 Å². The van der Waals surface area contributed by atoms with Crippen molar-refractivity contribution in [3.8, 4) is 5.69 Å². The second-order valence-corrected chi connectivity index (χ2v) is 9.29. The van der Waals surface area contributed by atoms with Crippen LogP contribution in [0.5, 0.6) is 0 Å². The van der Waals surface area contributed by atoms with Gasteiger partial charge in [-0.05, 0) is 62.7 Å². The number of amides is 1. The van der Waals surface area contributed by atoms with Crippen molar-refractivity contribution in [3.05, 3.63) is 86.7 Å². The molecule has 4 rings (SSSR count). The van der Waals surface area contributed by atoms with Crippen molar-refractivity contribution in [1.29, 1.82) is 0 Å². The molecule has 0 saturated heterocycles. The average Bonchev–Trinajstić information content (AvgIpc) is 3.20. The first-order valence-corrected chi connectivity index (χ1v) is 11.9. The van der Waals surface area contributed by atoms with Crippen molar-refractivity contribution in [2.45, 2.75) is 31.7 Å². The Morgan fingerprint density at radius 3 is 2.44 bits per heavy atom. The van der Waals surface area contributed by atoms with Gasteiger partial charge in [-0.25, -0.2) is 19.0 Å². The summed E-state index contributed by atoms with van der Waals surface area (Å²) in [5.74, 6) is -0.773. The standard InChI is InChI=1S/C23H19Cl2FN6OS/c1-12-4-6-16(10-17(12)24)32-20(11-34-23-27-13(2)8-14(3)28-23)21(30-31-32)22(33)29-15-5-7-19(26)18(25)9-15/h4-10H,11H2,1-3H3,(H,29,33). The highest BCUT2D eigenvalue weighted by molar-refractivity contribution is 7.98. The van der Waals surface area contributed by atoms with Crippen LogP contribution in [0.2, 0.25) is 10.0 Å². The Balaban J connectivity index is 1.70. The predicted molar refractivity (Wildman–Crippen MR) is 132 cm³/mol. The monoisotopic (exact) mass is 516 g/mol. The minimum atomic E-state index is -0.576. The van der Waals surface area contributed by atoms with Crippen LogP contribution in [0.25, 0.3) is 5.69 Å². The van der Waals surface area contributed by atoms with Crippen LogP contribution in [0.1, 0.15) is 33.1 Å². The lowest BCUT2D eigenvalue weighted by atomic mass is 10.2. The van der Waals surface area contributed by atoms with Gasteiger partial charge in [0.05, 0.1) is 16.4 Å². The van der Waals surface area contributed by atoms with Gasteiger partial charge >= 0.3 is 0 Å². The third kappa shape index (κ3) is 5.38. The SMILES string of the molecule is Cc1cc(C)nc(SCc2c(C(=O)Nc3ccc(F)c(Cl)c3)nnn2-c2ccc(C)c(Cl)c2)n1. The van der Waals surface area contributed by atoms with Crippen molar-refractivity contribution in [2.75, 3.05) is 5.32 Å². The van der Waals surface area contributed by atoms with E-state index in [9.17, 15) is 9.18 Å². The molecular weight excluding hydrogens is 498 g/mol. The summed E-state index contributed by atoms with van der Waals surface area (Å²) in [6.45, 7) is 5.69. The van der Waals surface area contributed by atoms with Crippen molar-refractivity contribution < 1.29 is 9.18 Å². The molecule has 2 aromatic heterocycles. The third-order valence-corrected chi connectivity index (χ3v) is 6.41. The molecule has 34 heavy (non-hydrogen) atoms. The Labute approximate surface area is 209 Å². The normalized spacial score (nSPS) is 11.0. The smallest absolute Gasteiger partial charge is 0.278 e. The summed E-state index contributed by atoms with van der Waals surface area (Å²) in [6.07, 6.45) is 0. The van der Waals surface area contributed by atoms with Crippen LogP contribution in [0, 0.1) is 26.6 Å². The molecule has 7 nitrogen and oxygen atoms in total. The molecule has 1 amide bonds. The fourth-order valence-electron chi connectivity index (χ4n) is 3.18. The number of carbonyl (C=O) groups is 1. The van der Waals surface area contributed by atoms with Gasteiger partial charge in [0, 0.05) is 27.9 Å². The number of benzene rings is 2. The topological polar surface area (TPSA) is 85.6 Å². The van der Waals surface area contributed by atoms with Crippen molar-refractivity contribution >= 4 is 46.6 Å². The van der Waals surface area contributed by atoms with Crippen LogP contribution in [0.3, 0.4) is 0 Å². The van der Waals surface area contributed by atoms with E-state index in [1.165, 1.54) is 30.0 Å². The molecule has 0 aliphatic carbocycles. The third-order valence-electron chi connectivity index (χ3n) is 4.86. The van der Waals surface area contributed by atoms with Crippen LogP contribution in [-0.4, -0.2) is 30.9 Å². The highest BCUT2D eigenvalue weighted by atomic mass is 35.5. The number of nitrogens with one attached hydrogen (secondary N) is 1. The molecule has 0 radical (unpaired) electrons. The molecule has 2 aromatic carbocycles. The molecule has 4 aromatic rings. The van der Waals surface area contributed by atoms with Gasteiger partial charge < -0.3 is 5.32 Å². The lowest BCUT2D eigenvalue weighted by Crippen LogP contribution is -2.15. The molecule has 0 aliphatic rings. The Bertz CT molecular complexity index is 1370. The summed E-state index contributed by atoms with van der Waals surface area (Å²) in [6, 6.07) is 11.3. The van der Waals surface area contributed by atoms with Crippen LogP contribution in [0.15, 0.2) is 47.6 Å². The Morgan fingerprint density at radius 1 is 1.03 bits per heavy atom. The number of halogens is 3. The quantitative estimate of drug-likeness (QED) is 0.251. The fourth-order valence-corrected chi connectivity index (χ4v) is 4.48. The van der Waals surface area contributed by atoms with E-state index < -0.39 is 11.7 Å². The van der Waals surface area contributed by atoms with Gasteiger partial charge in [-0.1, -0.05) is 46.2 Å². The highest BCUT2D eigenvalue weighted by Gasteiger charge is 2.22. The van der Waals surface area contributed by atoms with Gasteiger partial charge in [0.25, 0.3) is 5.91 Å². The first kappa shape index (κ1) is 24.1. The Morgan fingerprint density at radius 2 is 1.76 bits per heavy atom. The van der Waals surface area contributed by atoms with E-state index >= 15 is 0 Å². The van der Waals surface area contributed by atoms with E-state index in [0.717, 1.165) is 17.0 Å². The zero-order valence-corrected chi connectivity index (χ0v) is 20.8. The van der Waals surface area contributed by atoms with Gasteiger partial charge in [-0.15, -0.1) is 5.10 Å². The van der Waals surface area contributed by atoms with E-state index in [2.05, 4.69) is 25.6 Å². The number of hydrogen-bond donors (Lipinski definition) is 1. The predicted octanol–water partition coefficient (Wildman–Crippen LogP) is 5.97. The fraction of sp³-hybridized carbons (Fsp3) is 0.174. The highest BCUT2D eigenvalue weighted by Crippen LogP contribution is 2.27. The summed E-state index contributed by atoms with van der Waals surface area (Å²) < 4.78 is 15.1. The molecule has 1 N–H and O–H groups in total. The molecule has 0 saturated carbocycles. The van der Waals surface area contributed by atoms with E-state index in [-0.39, 0.29) is 10.7 Å². The lowest BCUT2D eigenvalue weighted by Gasteiger charge is -2.10. The van der Waals surface area contributed by atoms with Gasteiger partial charge in [0.15, 0.2) is 10.9 Å². The minimum Gasteiger partial charge on any atom is -0.320 e. The number of anilines is 1. The Hall–Kier alpha value is -3.01. The van der Waals surface area contributed by atoms with Crippen molar-refractivity contribution in [1.82, 2.24) is 25.0 Å². The summed E-state index contributed by atoms with van der Waals surface area (Å²) in [4.78, 5) is 22.0. The molecule has 0 aliphatic heterocycles. The minimum absolute atomic E-state index is 0.0986. The van der Waals surface area contributed by atoms with Gasteiger partial charge in [-0.2, -0.15) is 0 Å². The summed E-state index contributed by atoms with van der Waals surface area (Å²) in [5.41, 5.74) is 4.23. The number of aromatic nitrogens is 5. The van der Waals surface area contributed by atoms with E-state index in [0.29, 0.717) is 33.0 Å². The number of aryl methyl sites for hydroxylation is 3. The van der Waals surface area contributed by atoms with Gasteiger partial charge in [0.2, 0.25) is 0 Å². The molecule has 174 valence electrons. The maximum absolute atomic E-state index is 13.5. The van der Waals surface area contributed by atoms with Crippen molar-refractivity contribution in [2.24, 2.45) is 0 Å². The van der Waals surface area contributed by atoms with Crippen LogP contribution < -0.4 is 5.32 Å². The number of nitrogens with zero attached hydrogens (tertiary/aromatic N) is 5. The maximum Gasteiger partial charge on any atom is 0.278 e. The molecule has 0 atom stereocenters. The molecule has 0 unspecified atom stereocenters. The molecule has 2 heterocycles. The number of carbonyl (C=O) groups excluding carboxylic acids is 1. The molecule has 0 bridgehead atoms. The zero-order chi connectivity index (χ0) is 24.4. The van der Waals surface area contributed by atoms with Crippen LogP contribution >= 0.6 is 35.0 Å². The largest absolute Gasteiger partial charge is 0.320 e. The number of thioether (sulfide) groups is 1. The number of hydrogen-bond acceptors (Lipinski definition) is 6. The van der Waals surface area contributed by atoms with Crippen LogP contribution in [0.4, 0.5) is 10.1 Å². The summed E-state index contributed by atoms with van der Waals surface area (Å²) in [7, 11) is 0. The second kappa shape index (κ2) is 10.1. The lowest BCUT2D eigenvalue weighted by molar-refractivity contribution is 0.102. The average molecular weight is 517 g/mol. The van der Waals surface area contributed by atoms with Crippen LogP contribution in [-0.2, 0) is 5.75 Å². The second-order valence-electron chi connectivity index (χ2n) is 7.54. The zero-order valence-electron chi connectivity index (χ0n) is 18.4. The first-order chi connectivity index (χ1) is 16.2. The molecule has 11 heteroatoms. The summed E-state index contributed by atoms with van der Waals surface area (Å²) in [5, 5.41) is 12.1. The van der Waals surface area contributed by atoms with Crippen molar-refractivity contribution in [3.63, 3.8) is 0 Å². The Kier molecular flexibility index (Phi) is 7.16. The van der Waals surface area contributed by atoms with Gasteiger partial charge in [0.1, 0.15) is 5.82 Å².